The third kappa shape index (κ3) is 4.01. The third-order valence-electron chi connectivity index (χ3n) is 3.71. The molecular formula is C18H17ClN6O. The molecule has 0 atom stereocenters. The normalized spacial score (nSPS) is 11.4. The zero-order valence-electron chi connectivity index (χ0n) is 14.0. The Labute approximate surface area is 154 Å². The van der Waals surface area contributed by atoms with E-state index in [1.165, 1.54) is 0 Å². The van der Waals surface area contributed by atoms with E-state index < -0.39 is 0 Å². The Bertz CT molecular complexity index is 1020. The number of carbonyl (C=O) groups is 1. The van der Waals surface area contributed by atoms with Crippen LogP contribution < -0.4 is 16.8 Å². The zero-order valence-corrected chi connectivity index (χ0v) is 14.7. The first-order valence-electron chi connectivity index (χ1n) is 7.75. The summed E-state index contributed by atoms with van der Waals surface area (Å²) in [6, 6.07) is 14.4. The van der Waals surface area contributed by atoms with Gasteiger partial charge in [0.05, 0.1) is 5.71 Å². The van der Waals surface area contributed by atoms with Crippen LogP contribution in [0, 0.1) is 0 Å². The molecule has 0 aliphatic heterocycles. The predicted octanol–water partition coefficient (Wildman–Crippen LogP) is 3.07. The van der Waals surface area contributed by atoms with Crippen molar-refractivity contribution in [2.75, 3.05) is 5.32 Å². The van der Waals surface area contributed by atoms with Crippen molar-refractivity contribution in [2.45, 2.75) is 6.92 Å². The van der Waals surface area contributed by atoms with Gasteiger partial charge >= 0.3 is 0 Å². The van der Waals surface area contributed by atoms with Crippen molar-refractivity contribution in [1.29, 1.82) is 0 Å². The van der Waals surface area contributed by atoms with Gasteiger partial charge in [-0.3, -0.25) is 4.79 Å². The minimum atomic E-state index is -0.240. The number of nitrogens with two attached hydrogens (primary N) is 2. The molecule has 0 spiro atoms. The highest BCUT2D eigenvalue weighted by Gasteiger charge is 2.10. The average molecular weight is 369 g/mol. The Balaban J connectivity index is 1.74. The average Bonchev–Trinajstić information content (AvgIpc) is 3.03. The summed E-state index contributed by atoms with van der Waals surface area (Å²) in [6.45, 7) is 1.79. The minimum Gasteiger partial charge on any atom is -0.369 e. The van der Waals surface area contributed by atoms with Crippen LogP contribution in [0.1, 0.15) is 23.0 Å². The number of aromatic amines is 1. The van der Waals surface area contributed by atoms with E-state index in [1.54, 1.807) is 37.3 Å². The van der Waals surface area contributed by atoms with E-state index in [4.69, 9.17) is 23.1 Å². The largest absolute Gasteiger partial charge is 0.369 e. The molecule has 7 nitrogen and oxygen atoms in total. The van der Waals surface area contributed by atoms with Gasteiger partial charge in [0.25, 0.3) is 5.91 Å². The lowest BCUT2D eigenvalue weighted by atomic mass is 10.1. The number of nitrogens with zero attached hydrogens (tertiary/aromatic N) is 2. The first kappa shape index (κ1) is 17.5. The first-order valence-corrected chi connectivity index (χ1v) is 8.13. The molecule has 0 saturated heterocycles. The number of carbonyl (C=O) groups excluding carboxylic acids is 1. The standard InChI is InChI=1S/C18H17ClN6O/c1-10(24-25-18(20)21)11-3-6-14(7-4-11)22-17(26)16-8-12-2-5-13(19)9-15(12)23-16/h2-9,23H,1H3,(H,22,26)(H4,20,21,25)/b24-10+. The van der Waals surface area contributed by atoms with Crippen molar-refractivity contribution in [3.05, 3.63) is 64.8 Å². The van der Waals surface area contributed by atoms with Crippen LogP contribution in [0.25, 0.3) is 10.9 Å². The molecule has 8 heteroatoms. The Kier molecular flexibility index (Phi) is 4.90. The monoisotopic (exact) mass is 368 g/mol. The fourth-order valence-electron chi connectivity index (χ4n) is 2.41. The van der Waals surface area contributed by atoms with Crippen molar-refractivity contribution in [2.24, 2.45) is 21.7 Å². The van der Waals surface area contributed by atoms with Crippen LogP contribution in [0.4, 0.5) is 5.69 Å². The summed E-state index contributed by atoms with van der Waals surface area (Å²) in [7, 11) is 0. The molecule has 0 radical (unpaired) electrons. The highest BCUT2D eigenvalue weighted by atomic mass is 35.5. The number of fused-ring (bicyclic) bond motifs is 1. The smallest absolute Gasteiger partial charge is 0.272 e. The fraction of sp³-hybridized carbons (Fsp3) is 0.0556. The number of benzene rings is 2. The molecule has 0 aliphatic rings. The van der Waals surface area contributed by atoms with Crippen molar-refractivity contribution in [3.8, 4) is 0 Å². The molecule has 1 aromatic heterocycles. The maximum absolute atomic E-state index is 12.4. The lowest BCUT2D eigenvalue weighted by Gasteiger charge is -2.05. The second-order valence-corrected chi connectivity index (χ2v) is 6.09. The molecule has 0 fully saturated rings. The number of H-pyrrole nitrogens is 1. The summed E-state index contributed by atoms with van der Waals surface area (Å²) in [5.41, 5.74) is 13.9. The van der Waals surface area contributed by atoms with E-state index in [-0.39, 0.29) is 11.9 Å². The zero-order chi connectivity index (χ0) is 18.7. The third-order valence-corrected chi connectivity index (χ3v) is 3.94. The highest BCUT2D eigenvalue weighted by Crippen LogP contribution is 2.20. The van der Waals surface area contributed by atoms with Gasteiger partial charge < -0.3 is 21.8 Å². The molecule has 26 heavy (non-hydrogen) atoms. The van der Waals surface area contributed by atoms with Gasteiger partial charge in [-0.05, 0) is 42.8 Å². The number of rotatable bonds is 4. The molecular weight excluding hydrogens is 352 g/mol. The summed E-state index contributed by atoms with van der Waals surface area (Å²) in [5.74, 6) is -0.344. The van der Waals surface area contributed by atoms with Crippen LogP contribution >= 0.6 is 11.6 Å². The highest BCUT2D eigenvalue weighted by molar-refractivity contribution is 6.31. The number of anilines is 1. The van der Waals surface area contributed by atoms with Crippen LogP contribution in [-0.4, -0.2) is 22.6 Å². The maximum Gasteiger partial charge on any atom is 0.272 e. The molecule has 1 heterocycles. The quantitative estimate of drug-likeness (QED) is 0.321. The Hall–Kier alpha value is -3.32. The summed E-state index contributed by atoms with van der Waals surface area (Å²) in [5, 5.41) is 11.9. The van der Waals surface area contributed by atoms with Gasteiger partial charge in [-0.1, -0.05) is 29.8 Å². The number of hydrogen-bond donors (Lipinski definition) is 4. The van der Waals surface area contributed by atoms with Crippen LogP contribution in [0.2, 0.25) is 5.02 Å². The summed E-state index contributed by atoms with van der Waals surface area (Å²) >= 11 is 5.97. The maximum atomic E-state index is 12.4. The number of aromatic nitrogens is 1. The van der Waals surface area contributed by atoms with Crippen molar-refractivity contribution in [3.63, 3.8) is 0 Å². The Morgan fingerprint density at radius 3 is 2.50 bits per heavy atom. The summed E-state index contributed by atoms with van der Waals surface area (Å²) in [6.07, 6.45) is 0. The molecule has 6 N–H and O–H groups in total. The molecule has 0 saturated carbocycles. The molecule has 0 bridgehead atoms. The van der Waals surface area contributed by atoms with E-state index in [1.807, 2.05) is 18.2 Å². The van der Waals surface area contributed by atoms with Gasteiger partial charge in [-0.2, -0.15) is 5.10 Å². The lowest BCUT2D eigenvalue weighted by Crippen LogP contribution is -2.22. The van der Waals surface area contributed by atoms with Crippen molar-refractivity contribution < 1.29 is 4.79 Å². The number of nitrogens with one attached hydrogen (secondary N) is 2. The van der Waals surface area contributed by atoms with Gasteiger partial charge in [0.1, 0.15) is 5.69 Å². The predicted molar refractivity (Wildman–Crippen MR) is 106 cm³/mol. The van der Waals surface area contributed by atoms with Crippen LogP contribution in [0.5, 0.6) is 0 Å². The minimum absolute atomic E-state index is 0.104. The molecule has 3 rings (SSSR count). The van der Waals surface area contributed by atoms with E-state index in [0.29, 0.717) is 22.1 Å². The van der Waals surface area contributed by atoms with Gasteiger partial charge in [0.15, 0.2) is 0 Å². The number of hydrogen-bond acceptors (Lipinski definition) is 3. The second kappa shape index (κ2) is 7.28. The number of guanidine groups is 1. The Morgan fingerprint density at radius 1 is 1.08 bits per heavy atom. The van der Waals surface area contributed by atoms with Crippen LogP contribution in [0.3, 0.4) is 0 Å². The molecule has 0 unspecified atom stereocenters. The first-order chi connectivity index (χ1) is 12.4. The molecule has 0 aliphatic carbocycles. The molecule has 1 amide bonds. The van der Waals surface area contributed by atoms with Gasteiger partial charge in [-0.25, -0.2) is 0 Å². The van der Waals surface area contributed by atoms with E-state index in [2.05, 4.69) is 20.5 Å². The van der Waals surface area contributed by atoms with E-state index in [9.17, 15) is 4.79 Å². The number of amides is 1. The van der Waals surface area contributed by atoms with Crippen LogP contribution in [-0.2, 0) is 0 Å². The SMILES string of the molecule is C/C(=N\N=C(N)N)c1ccc(NC(=O)c2cc3ccc(Cl)cc3[nH]2)cc1. The lowest BCUT2D eigenvalue weighted by molar-refractivity contribution is 0.102. The summed E-state index contributed by atoms with van der Waals surface area (Å²) < 4.78 is 0. The topological polar surface area (TPSA) is 122 Å². The van der Waals surface area contributed by atoms with E-state index >= 15 is 0 Å². The van der Waals surface area contributed by atoms with Crippen molar-refractivity contribution in [1.82, 2.24) is 4.98 Å². The van der Waals surface area contributed by atoms with Gasteiger partial charge in [0.2, 0.25) is 5.96 Å². The summed E-state index contributed by atoms with van der Waals surface area (Å²) in [4.78, 5) is 15.5. The van der Waals surface area contributed by atoms with Crippen LogP contribution in [0.15, 0.2) is 58.7 Å². The second-order valence-electron chi connectivity index (χ2n) is 5.66. The molecule has 132 valence electrons. The Morgan fingerprint density at radius 2 is 1.81 bits per heavy atom. The molecule has 2 aromatic carbocycles. The van der Waals surface area contributed by atoms with E-state index in [0.717, 1.165) is 16.5 Å². The van der Waals surface area contributed by atoms with Gasteiger partial charge in [0, 0.05) is 21.6 Å². The van der Waals surface area contributed by atoms with Crippen molar-refractivity contribution >= 4 is 45.8 Å². The fourth-order valence-corrected chi connectivity index (χ4v) is 2.58. The van der Waals surface area contributed by atoms with Gasteiger partial charge in [-0.15, -0.1) is 5.10 Å². The molecule has 3 aromatic rings. The number of halogens is 1.